The number of benzene rings is 1. The van der Waals surface area contributed by atoms with Gasteiger partial charge in [-0.2, -0.15) is 5.10 Å². The molecule has 0 N–H and O–H groups in total. The van der Waals surface area contributed by atoms with E-state index in [-0.39, 0.29) is 5.97 Å². The van der Waals surface area contributed by atoms with E-state index >= 15 is 0 Å². The number of likely N-dealkylation sites (tertiary alicyclic amines) is 1. The van der Waals surface area contributed by atoms with Crippen LogP contribution in [0.4, 0.5) is 0 Å². The quantitative estimate of drug-likeness (QED) is 0.526. The minimum atomic E-state index is -0.337. The molecule has 1 aliphatic heterocycles. The molecule has 3 rings (SSSR count). The predicted octanol–water partition coefficient (Wildman–Crippen LogP) is 3.98. The van der Waals surface area contributed by atoms with E-state index in [1.807, 2.05) is 17.8 Å². The minimum Gasteiger partial charge on any atom is -0.466 e. The maximum atomic E-state index is 11.2. The molecular formula is C20H24BrN3O2. The van der Waals surface area contributed by atoms with Crippen molar-refractivity contribution in [2.75, 3.05) is 20.2 Å². The number of esters is 1. The Kier molecular flexibility index (Phi) is 6.27. The first-order chi connectivity index (χ1) is 12.6. The van der Waals surface area contributed by atoms with Crippen molar-refractivity contribution in [3.63, 3.8) is 0 Å². The highest BCUT2D eigenvalue weighted by molar-refractivity contribution is 9.10. The molecule has 2 aromatic rings. The number of hydrogen-bond acceptors (Lipinski definition) is 4. The Hall–Kier alpha value is -1.92. The molecule has 0 bridgehead atoms. The summed E-state index contributed by atoms with van der Waals surface area (Å²) in [5.74, 6) is -0.337. The molecule has 2 heterocycles. The molecule has 0 radical (unpaired) electrons. The van der Waals surface area contributed by atoms with Crippen LogP contribution in [-0.4, -0.2) is 40.8 Å². The molecule has 1 atom stereocenters. The zero-order chi connectivity index (χ0) is 18.5. The molecule has 1 aromatic heterocycles. The van der Waals surface area contributed by atoms with E-state index in [2.05, 4.69) is 54.9 Å². The molecule has 5 nitrogen and oxygen atoms in total. The molecule has 1 saturated heterocycles. The van der Waals surface area contributed by atoms with Crippen molar-refractivity contribution < 1.29 is 9.53 Å². The van der Waals surface area contributed by atoms with E-state index in [1.54, 1.807) is 6.08 Å². The van der Waals surface area contributed by atoms with Gasteiger partial charge in [-0.1, -0.05) is 24.3 Å². The molecule has 138 valence electrons. The second-order valence-electron chi connectivity index (χ2n) is 6.54. The average molecular weight is 418 g/mol. The first-order valence-electron chi connectivity index (χ1n) is 8.86. The van der Waals surface area contributed by atoms with E-state index in [4.69, 9.17) is 0 Å². The fourth-order valence-corrected chi connectivity index (χ4v) is 3.69. The van der Waals surface area contributed by atoms with Crippen molar-refractivity contribution in [3.8, 4) is 0 Å². The normalized spacial score (nSPS) is 17.9. The Morgan fingerprint density at radius 1 is 1.35 bits per heavy atom. The molecule has 26 heavy (non-hydrogen) atoms. The molecule has 0 spiro atoms. The summed E-state index contributed by atoms with van der Waals surface area (Å²) in [5, 5.41) is 4.52. The van der Waals surface area contributed by atoms with Crippen LogP contribution in [0.1, 0.15) is 35.7 Å². The molecule has 6 heteroatoms. The van der Waals surface area contributed by atoms with Gasteiger partial charge in [0, 0.05) is 24.9 Å². The Balaban J connectivity index is 1.62. The van der Waals surface area contributed by atoms with Crippen LogP contribution in [0.15, 0.2) is 41.0 Å². The fraction of sp³-hybridized carbons (Fsp3) is 0.400. The highest BCUT2D eigenvalue weighted by atomic mass is 79.9. The smallest absolute Gasteiger partial charge is 0.330 e. The highest BCUT2D eigenvalue weighted by Crippen LogP contribution is 2.32. The maximum Gasteiger partial charge on any atom is 0.330 e. The molecule has 1 aromatic carbocycles. The van der Waals surface area contributed by atoms with Gasteiger partial charge in [0.1, 0.15) is 0 Å². The average Bonchev–Trinajstić information content (AvgIpc) is 3.24. The van der Waals surface area contributed by atoms with Crippen LogP contribution < -0.4 is 0 Å². The molecular weight excluding hydrogens is 394 g/mol. The largest absolute Gasteiger partial charge is 0.466 e. The van der Waals surface area contributed by atoms with Crippen molar-refractivity contribution in [1.29, 1.82) is 0 Å². The molecule has 1 aliphatic rings. The van der Waals surface area contributed by atoms with Crippen LogP contribution in [-0.2, 0) is 16.1 Å². The number of aromatic nitrogens is 2. The maximum absolute atomic E-state index is 11.2. The zero-order valence-electron chi connectivity index (χ0n) is 15.2. The van der Waals surface area contributed by atoms with Crippen LogP contribution >= 0.6 is 15.9 Å². The summed E-state index contributed by atoms with van der Waals surface area (Å²) in [6, 6.07) is 8.88. The van der Waals surface area contributed by atoms with E-state index in [9.17, 15) is 4.79 Å². The van der Waals surface area contributed by atoms with Gasteiger partial charge in [0.15, 0.2) is 0 Å². The van der Waals surface area contributed by atoms with Crippen molar-refractivity contribution in [2.24, 2.45) is 0 Å². The molecule has 0 saturated carbocycles. The van der Waals surface area contributed by atoms with E-state index in [1.165, 1.54) is 31.6 Å². The van der Waals surface area contributed by atoms with E-state index in [0.29, 0.717) is 6.04 Å². The molecule has 1 fully saturated rings. The molecule has 0 aliphatic carbocycles. The SMILES string of the molecule is COC(=O)/C=C/c1ccc([C@@H]2CCCN2CCn2cc(Br)c(C)n2)cc1. The number of carbonyl (C=O) groups is 1. The van der Waals surface area contributed by atoms with Crippen LogP contribution in [0, 0.1) is 6.92 Å². The topological polar surface area (TPSA) is 47.4 Å². The second kappa shape index (κ2) is 8.64. The Morgan fingerprint density at radius 2 is 2.12 bits per heavy atom. The lowest BCUT2D eigenvalue weighted by molar-refractivity contribution is -0.134. The number of carbonyl (C=O) groups excluding carboxylic acids is 1. The summed E-state index contributed by atoms with van der Waals surface area (Å²) in [6.45, 7) is 5.01. The summed E-state index contributed by atoms with van der Waals surface area (Å²) in [4.78, 5) is 13.7. The predicted molar refractivity (Wildman–Crippen MR) is 106 cm³/mol. The van der Waals surface area contributed by atoms with Gasteiger partial charge in [0.05, 0.1) is 23.8 Å². The highest BCUT2D eigenvalue weighted by Gasteiger charge is 2.25. The fourth-order valence-electron chi connectivity index (χ4n) is 3.37. The van der Waals surface area contributed by atoms with Crippen LogP contribution in [0.25, 0.3) is 6.08 Å². The lowest BCUT2D eigenvalue weighted by atomic mass is 10.0. The van der Waals surface area contributed by atoms with Gasteiger partial charge in [-0.3, -0.25) is 9.58 Å². The minimum absolute atomic E-state index is 0.337. The van der Waals surface area contributed by atoms with Gasteiger partial charge in [0.2, 0.25) is 0 Å². The molecule has 0 amide bonds. The van der Waals surface area contributed by atoms with E-state index in [0.717, 1.165) is 35.4 Å². The van der Waals surface area contributed by atoms with Crippen LogP contribution in [0.3, 0.4) is 0 Å². The zero-order valence-corrected chi connectivity index (χ0v) is 16.8. The summed E-state index contributed by atoms with van der Waals surface area (Å²) in [5.41, 5.74) is 3.36. The third-order valence-corrected chi connectivity index (χ3v) is 5.58. The van der Waals surface area contributed by atoms with Gasteiger partial charge < -0.3 is 4.74 Å². The van der Waals surface area contributed by atoms with Gasteiger partial charge in [-0.05, 0) is 59.4 Å². The third-order valence-electron chi connectivity index (χ3n) is 4.80. The van der Waals surface area contributed by atoms with Crippen molar-refractivity contribution >= 4 is 28.0 Å². The first kappa shape index (κ1) is 18.9. The number of ether oxygens (including phenoxy) is 1. The number of hydrogen-bond donors (Lipinski definition) is 0. The summed E-state index contributed by atoms with van der Waals surface area (Å²) in [6.07, 6.45) is 7.67. The number of nitrogens with zero attached hydrogens (tertiary/aromatic N) is 3. The Morgan fingerprint density at radius 3 is 2.77 bits per heavy atom. The Labute approximate surface area is 162 Å². The lowest BCUT2D eigenvalue weighted by Gasteiger charge is -2.24. The van der Waals surface area contributed by atoms with Crippen molar-refractivity contribution in [1.82, 2.24) is 14.7 Å². The third kappa shape index (κ3) is 4.62. The van der Waals surface area contributed by atoms with Crippen molar-refractivity contribution in [2.45, 2.75) is 32.4 Å². The van der Waals surface area contributed by atoms with Gasteiger partial charge in [0.25, 0.3) is 0 Å². The van der Waals surface area contributed by atoms with Crippen LogP contribution in [0.5, 0.6) is 0 Å². The number of methoxy groups -OCH3 is 1. The summed E-state index contributed by atoms with van der Waals surface area (Å²) in [7, 11) is 1.38. The number of aryl methyl sites for hydroxylation is 1. The number of halogens is 1. The first-order valence-corrected chi connectivity index (χ1v) is 9.65. The molecule has 0 unspecified atom stereocenters. The second-order valence-corrected chi connectivity index (χ2v) is 7.40. The van der Waals surface area contributed by atoms with Crippen molar-refractivity contribution in [3.05, 3.63) is 57.8 Å². The van der Waals surface area contributed by atoms with Gasteiger partial charge in [-0.15, -0.1) is 0 Å². The monoisotopic (exact) mass is 417 g/mol. The standard InChI is InChI=1S/C20H24BrN3O2/c1-15-18(21)14-24(22-15)13-12-23-11-3-4-19(23)17-8-5-16(6-9-17)7-10-20(25)26-2/h5-10,14,19H,3-4,11-13H2,1-2H3/b10-7+/t19-/m0/s1. The number of rotatable bonds is 6. The Bertz CT molecular complexity index is 763. The van der Waals surface area contributed by atoms with E-state index < -0.39 is 0 Å². The lowest BCUT2D eigenvalue weighted by Crippen LogP contribution is -2.27. The summed E-state index contributed by atoms with van der Waals surface area (Å²) < 4.78 is 7.69. The van der Waals surface area contributed by atoms with Crippen LogP contribution in [0.2, 0.25) is 0 Å². The van der Waals surface area contributed by atoms with Gasteiger partial charge in [-0.25, -0.2) is 4.79 Å². The summed E-state index contributed by atoms with van der Waals surface area (Å²) >= 11 is 3.52. The van der Waals surface area contributed by atoms with Gasteiger partial charge >= 0.3 is 5.97 Å².